The van der Waals surface area contributed by atoms with Crippen LogP contribution in [0.5, 0.6) is 0 Å². The van der Waals surface area contributed by atoms with Gasteiger partial charge in [-0.3, -0.25) is 9.88 Å². The molecule has 6 heteroatoms. The van der Waals surface area contributed by atoms with Gasteiger partial charge in [-0.15, -0.1) is 0 Å². The van der Waals surface area contributed by atoms with Crippen LogP contribution in [0.2, 0.25) is 0 Å². The molecule has 1 atom stereocenters. The van der Waals surface area contributed by atoms with Crippen molar-refractivity contribution in [1.82, 2.24) is 9.88 Å². The van der Waals surface area contributed by atoms with Gasteiger partial charge in [0.15, 0.2) is 0 Å². The second-order valence-corrected chi connectivity index (χ2v) is 5.57. The number of aliphatic hydroxyl groups is 2. The first-order valence-corrected chi connectivity index (χ1v) is 7.48. The zero-order chi connectivity index (χ0) is 15.4. The number of nitrogens with zero attached hydrogens (tertiary/aromatic N) is 3. The van der Waals surface area contributed by atoms with Crippen LogP contribution < -0.4 is 4.90 Å². The summed E-state index contributed by atoms with van der Waals surface area (Å²) in [4.78, 5) is 8.38. The molecule has 1 fully saturated rings. The molecular weight excluding hydrogens is 282 g/mol. The van der Waals surface area contributed by atoms with Crippen LogP contribution in [0.1, 0.15) is 11.5 Å². The van der Waals surface area contributed by atoms with Crippen LogP contribution in [0, 0.1) is 0 Å². The van der Waals surface area contributed by atoms with Gasteiger partial charge in [-0.25, -0.2) is 0 Å². The fraction of sp³-hybridized carbons (Fsp3) is 0.438. The number of aliphatic hydroxyl groups excluding tert-OH is 2. The number of hydrogen-bond donors (Lipinski definition) is 2. The second-order valence-electron chi connectivity index (χ2n) is 5.57. The van der Waals surface area contributed by atoms with Crippen molar-refractivity contribution in [2.75, 3.05) is 31.1 Å². The van der Waals surface area contributed by atoms with Crippen molar-refractivity contribution in [3.8, 4) is 0 Å². The van der Waals surface area contributed by atoms with E-state index in [4.69, 9.17) is 9.52 Å². The van der Waals surface area contributed by atoms with Crippen molar-refractivity contribution in [2.45, 2.75) is 19.3 Å². The lowest BCUT2D eigenvalue weighted by Crippen LogP contribution is -2.33. The largest absolute Gasteiger partial charge is 0.462 e. The SMILES string of the molecule is OCc1ccc(CN2CCN(c3ccncc3)C[C@@H](O)C2)o1. The molecule has 0 spiro atoms. The van der Waals surface area contributed by atoms with E-state index in [-0.39, 0.29) is 6.61 Å². The van der Waals surface area contributed by atoms with Gasteiger partial charge in [-0.1, -0.05) is 0 Å². The van der Waals surface area contributed by atoms with Gasteiger partial charge in [0.1, 0.15) is 18.1 Å². The molecule has 1 aliphatic heterocycles. The third-order valence-electron chi connectivity index (χ3n) is 3.87. The van der Waals surface area contributed by atoms with Gasteiger partial charge in [0, 0.05) is 44.3 Å². The van der Waals surface area contributed by atoms with E-state index in [0.717, 1.165) is 24.5 Å². The first kappa shape index (κ1) is 15.0. The lowest BCUT2D eigenvalue weighted by atomic mass is 10.3. The molecule has 6 nitrogen and oxygen atoms in total. The molecule has 0 amide bonds. The van der Waals surface area contributed by atoms with E-state index in [1.165, 1.54) is 0 Å². The van der Waals surface area contributed by atoms with Crippen molar-refractivity contribution < 1.29 is 14.6 Å². The molecule has 22 heavy (non-hydrogen) atoms. The highest BCUT2D eigenvalue weighted by Gasteiger charge is 2.22. The lowest BCUT2D eigenvalue weighted by molar-refractivity contribution is 0.124. The molecular formula is C16H21N3O3. The van der Waals surface area contributed by atoms with Crippen LogP contribution in [-0.2, 0) is 13.2 Å². The van der Waals surface area contributed by atoms with Gasteiger partial charge in [0.25, 0.3) is 0 Å². The van der Waals surface area contributed by atoms with Crippen molar-refractivity contribution in [2.24, 2.45) is 0 Å². The zero-order valence-corrected chi connectivity index (χ0v) is 12.4. The summed E-state index contributed by atoms with van der Waals surface area (Å²) in [6.07, 6.45) is 3.12. The molecule has 0 saturated carbocycles. The molecule has 2 aromatic rings. The summed E-state index contributed by atoms with van der Waals surface area (Å²) in [6.45, 7) is 3.46. The fourth-order valence-electron chi connectivity index (χ4n) is 2.80. The minimum atomic E-state index is -0.414. The summed E-state index contributed by atoms with van der Waals surface area (Å²) in [7, 11) is 0. The Labute approximate surface area is 129 Å². The Morgan fingerprint density at radius 2 is 1.86 bits per heavy atom. The molecule has 1 aliphatic rings. The number of anilines is 1. The van der Waals surface area contributed by atoms with Crippen LogP contribution in [0.4, 0.5) is 5.69 Å². The van der Waals surface area contributed by atoms with Crippen molar-refractivity contribution in [3.63, 3.8) is 0 Å². The highest BCUT2D eigenvalue weighted by atomic mass is 16.4. The van der Waals surface area contributed by atoms with Gasteiger partial charge < -0.3 is 19.5 Å². The van der Waals surface area contributed by atoms with Gasteiger partial charge in [0.2, 0.25) is 0 Å². The monoisotopic (exact) mass is 303 g/mol. The number of pyridine rings is 1. The molecule has 3 rings (SSSR count). The van der Waals surface area contributed by atoms with Gasteiger partial charge in [-0.05, 0) is 24.3 Å². The van der Waals surface area contributed by atoms with Crippen LogP contribution in [0.15, 0.2) is 41.1 Å². The molecule has 3 heterocycles. The molecule has 2 aromatic heterocycles. The fourth-order valence-corrected chi connectivity index (χ4v) is 2.80. The predicted octanol–water partition coefficient (Wildman–Crippen LogP) is 0.850. The molecule has 0 bridgehead atoms. The highest BCUT2D eigenvalue weighted by molar-refractivity contribution is 5.44. The maximum absolute atomic E-state index is 10.3. The molecule has 0 unspecified atom stereocenters. The standard InChI is InChI=1S/C16H21N3O3/c20-12-16-2-1-15(22-16)11-18-7-8-19(10-14(21)9-18)13-3-5-17-6-4-13/h1-6,14,20-21H,7-12H2/t14-/m0/s1. The smallest absolute Gasteiger partial charge is 0.129 e. The highest BCUT2D eigenvalue weighted by Crippen LogP contribution is 2.17. The summed E-state index contributed by atoms with van der Waals surface area (Å²) in [5.74, 6) is 1.39. The van der Waals surface area contributed by atoms with E-state index < -0.39 is 6.10 Å². The van der Waals surface area contributed by atoms with Gasteiger partial charge in [-0.2, -0.15) is 0 Å². The van der Waals surface area contributed by atoms with Crippen LogP contribution in [0.25, 0.3) is 0 Å². The van der Waals surface area contributed by atoms with E-state index >= 15 is 0 Å². The average molecular weight is 303 g/mol. The first-order valence-electron chi connectivity index (χ1n) is 7.48. The maximum Gasteiger partial charge on any atom is 0.129 e. The van der Waals surface area contributed by atoms with Crippen molar-refractivity contribution in [1.29, 1.82) is 0 Å². The van der Waals surface area contributed by atoms with Crippen molar-refractivity contribution in [3.05, 3.63) is 48.2 Å². The molecule has 118 valence electrons. The number of aromatic nitrogens is 1. The number of hydrogen-bond acceptors (Lipinski definition) is 6. The summed E-state index contributed by atoms with van der Waals surface area (Å²) < 4.78 is 5.53. The normalized spacial score (nSPS) is 20.1. The summed E-state index contributed by atoms with van der Waals surface area (Å²) in [6, 6.07) is 7.58. The molecule has 2 N–H and O–H groups in total. The topological polar surface area (TPSA) is 73.0 Å². The summed E-state index contributed by atoms with van der Waals surface area (Å²) in [5, 5.41) is 19.3. The maximum atomic E-state index is 10.3. The van der Waals surface area contributed by atoms with E-state index in [2.05, 4.69) is 14.8 Å². The summed E-state index contributed by atoms with van der Waals surface area (Å²) in [5.41, 5.74) is 1.08. The zero-order valence-electron chi connectivity index (χ0n) is 12.4. The van der Waals surface area contributed by atoms with Crippen LogP contribution in [0.3, 0.4) is 0 Å². The Kier molecular flexibility index (Phi) is 4.72. The molecule has 0 aliphatic carbocycles. The van der Waals surface area contributed by atoms with Crippen LogP contribution in [-0.4, -0.2) is 52.4 Å². The average Bonchev–Trinajstić information content (AvgIpc) is 2.91. The number of furan rings is 1. The molecule has 0 radical (unpaired) electrons. The van der Waals surface area contributed by atoms with Gasteiger partial charge >= 0.3 is 0 Å². The Balaban J connectivity index is 1.64. The Hall–Kier alpha value is -1.89. The first-order chi connectivity index (χ1) is 10.7. The molecule has 0 aromatic carbocycles. The van der Waals surface area contributed by atoms with Gasteiger partial charge in [0.05, 0.1) is 12.6 Å². The van der Waals surface area contributed by atoms with E-state index in [0.29, 0.717) is 25.4 Å². The lowest BCUT2D eigenvalue weighted by Gasteiger charge is -2.23. The van der Waals surface area contributed by atoms with E-state index in [9.17, 15) is 5.11 Å². The minimum Gasteiger partial charge on any atom is -0.462 e. The number of rotatable bonds is 4. The second kappa shape index (κ2) is 6.91. The summed E-state index contributed by atoms with van der Waals surface area (Å²) >= 11 is 0. The third-order valence-corrected chi connectivity index (χ3v) is 3.87. The van der Waals surface area contributed by atoms with E-state index in [1.807, 2.05) is 18.2 Å². The number of β-amino-alcohol motifs (C(OH)–C–C–N with tert-alkyl or cyclic N) is 1. The molecule has 1 saturated heterocycles. The van der Waals surface area contributed by atoms with Crippen LogP contribution >= 0.6 is 0 Å². The Morgan fingerprint density at radius 3 is 2.59 bits per heavy atom. The van der Waals surface area contributed by atoms with E-state index in [1.54, 1.807) is 18.5 Å². The Bertz CT molecular complexity index is 587. The third kappa shape index (κ3) is 3.65. The predicted molar refractivity (Wildman–Crippen MR) is 82.4 cm³/mol. The minimum absolute atomic E-state index is 0.0849. The quantitative estimate of drug-likeness (QED) is 0.872. The Morgan fingerprint density at radius 1 is 1.09 bits per heavy atom. The van der Waals surface area contributed by atoms with Crippen molar-refractivity contribution >= 4 is 5.69 Å².